The van der Waals surface area contributed by atoms with Crippen molar-refractivity contribution >= 4 is 23.4 Å². The predicted octanol–water partition coefficient (Wildman–Crippen LogP) is 0.924. The number of carbonyl (C=O) groups excluding carboxylic acids is 3. The molecule has 2 aromatic rings. The number of anilines is 1. The van der Waals surface area contributed by atoms with E-state index in [0.29, 0.717) is 24.3 Å². The van der Waals surface area contributed by atoms with Gasteiger partial charge in [-0.25, -0.2) is 5.01 Å². The summed E-state index contributed by atoms with van der Waals surface area (Å²) in [7, 11) is 0. The number of hydrazine groups is 1. The topological polar surface area (TPSA) is 90.4 Å². The molecule has 2 aliphatic rings. The van der Waals surface area contributed by atoms with Gasteiger partial charge in [-0.1, -0.05) is 30.3 Å². The fraction of sp³-hybridized carbons (Fsp3) is 0.286. The van der Waals surface area contributed by atoms with Crippen molar-refractivity contribution in [2.45, 2.75) is 6.10 Å². The molecular formula is C21H21N3O5. The minimum absolute atomic E-state index is 0.0299. The Labute approximate surface area is 167 Å². The van der Waals surface area contributed by atoms with Crippen LogP contribution in [0.1, 0.15) is 20.7 Å². The molecule has 2 aliphatic heterocycles. The molecule has 0 radical (unpaired) electrons. The average molecular weight is 395 g/mol. The fourth-order valence-corrected chi connectivity index (χ4v) is 3.58. The second-order valence-corrected chi connectivity index (χ2v) is 6.91. The van der Waals surface area contributed by atoms with Crippen molar-refractivity contribution in [1.82, 2.24) is 9.91 Å². The van der Waals surface area contributed by atoms with Crippen molar-refractivity contribution < 1.29 is 24.2 Å². The Bertz CT molecular complexity index is 898. The predicted molar refractivity (Wildman–Crippen MR) is 104 cm³/mol. The van der Waals surface area contributed by atoms with Gasteiger partial charge in [0, 0.05) is 0 Å². The number of ether oxygens (including phenoxy) is 1. The third kappa shape index (κ3) is 3.72. The van der Waals surface area contributed by atoms with E-state index in [-0.39, 0.29) is 25.6 Å². The van der Waals surface area contributed by atoms with Crippen molar-refractivity contribution in [3.8, 4) is 0 Å². The van der Waals surface area contributed by atoms with E-state index >= 15 is 0 Å². The van der Waals surface area contributed by atoms with Gasteiger partial charge < -0.3 is 9.84 Å². The van der Waals surface area contributed by atoms with Crippen LogP contribution >= 0.6 is 0 Å². The molecule has 3 amide bonds. The Morgan fingerprint density at radius 2 is 1.59 bits per heavy atom. The zero-order valence-corrected chi connectivity index (χ0v) is 15.7. The van der Waals surface area contributed by atoms with Crippen LogP contribution in [0.5, 0.6) is 0 Å². The highest BCUT2D eigenvalue weighted by Crippen LogP contribution is 2.23. The second kappa shape index (κ2) is 8.02. The van der Waals surface area contributed by atoms with E-state index in [1.54, 1.807) is 29.3 Å². The zero-order valence-electron chi connectivity index (χ0n) is 15.7. The number of morpholine rings is 1. The molecule has 150 valence electrons. The van der Waals surface area contributed by atoms with Gasteiger partial charge in [-0.05, 0) is 24.3 Å². The largest absolute Gasteiger partial charge is 0.389 e. The van der Waals surface area contributed by atoms with Crippen LogP contribution in [0.2, 0.25) is 0 Å². The number of aliphatic hydroxyl groups excluding tert-OH is 1. The molecule has 0 saturated carbocycles. The molecule has 1 saturated heterocycles. The summed E-state index contributed by atoms with van der Waals surface area (Å²) in [5, 5.41) is 13.9. The first-order chi connectivity index (χ1) is 14.1. The summed E-state index contributed by atoms with van der Waals surface area (Å²) in [5.74, 6) is -1.05. The van der Waals surface area contributed by atoms with E-state index < -0.39 is 17.9 Å². The van der Waals surface area contributed by atoms with Crippen LogP contribution in [0.4, 0.5) is 5.69 Å². The summed E-state index contributed by atoms with van der Waals surface area (Å²) in [4.78, 5) is 38.5. The van der Waals surface area contributed by atoms with E-state index in [9.17, 15) is 19.5 Å². The molecule has 0 aliphatic carbocycles. The van der Waals surface area contributed by atoms with E-state index in [2.05, 4.69) is 0 Å². The lowest BCUT2D eigenvalue weighted by Gasteiger charge is -2.39. The maximum Gasteiger partial charge on any atom is 0.267 e. The Balaban J connectivity index is 1.51. The number of fused-ring (bicyclic) bond motifs is 1. The first-order valence-corrected chi connectivity index (χ1v) is 9.40. The molecular weight excluding hydrogens is 374 g/mol. The number of β-amino-alcohol motifs (C(OH)–C–C–N with tert-alkyl or cyclic N) is 1. The minimum Gasteiger partial charge on any atom is -0.389 e. The number of hydrogen-bond acceptors (Lipinski definition) is 6. The molecule has 0 spiro atoms. The lowest BCUT2D eigenvalue weighted by atomic mass is 10.1. The van der Waals surface area contributed by atoms with E-state index in [4.69, 9.17) is 4.74 Å². The van der Waals surface area contributed by atoms with Crippen molar-refractivity contribution in [2.24, 2.45) is 0 Å². The molecule has 1 fully saturated rings. The fourth-order valence-electron chi connectivity index (χ4n) is 3.58. The molecule has 2 aromatic carbocycles. The first-order valence-electron chi connectivity index (χ1n) is 9.40. The Morgan fingerprint density at radius 3 is 2.21 bits per heavy atom. The van der Waals surface area contributed by atoms with Gasteiger partial charge in [0.2, 0.25) is 0 Å². The average Bonchev–Trinajstić information content (AvgIpc) is 2.98. The number of nitrogens with zero attached hydrogens (tertiary/aromatic N) is 3. The van der Waals surface area contributed by atoms with Crippen LogP contribution in [0.15, 0.2) is 54.6 Å². The molecule has 8 heteroatoms. The molecule has 8 nitrogen and oxygen atoms in total. The monoisotopic (exact) mass is 395 g/mol. The van der Waals surface area contributed by atoms with E-state index in [1.807, 2.05) is 30.3 Å². The Kier molecular flexibility index (Phi) is 5.28. The molecule has 1 atom stereocenters. The van der Waals surface area contributed by atoms with Gasteiger partial charge >= 0.3 is 0 Å². The number of aliphatic hydroxyl groups is 1. The summed E-state index contributed by atoms with van der Waals surface area (Å²) < 4.78 is 5.20. The van der Waals surface area contributed by atoms with Gasteiger partial charge in [-0.15, -0.1) is 0 Å². The molecule has 1 unspecified atom stereocenters. The van der Waals surface area contributed by atoms with Crippen molar-refractivity contribution in [3.05, 3.63) is 65.7 Å². The van der Waals surface area contributed by atoms with Crippen LogP contribution in [0, 0.1) is 0 Å². The number of para-hydroxylation sites is 1. The quantitative estimate of drug-likeness (QED) is 0.732. The molecule has 0 bridgehead atoms. The Hall–Kier alpha value is -3.23. The number of benzene rings is 2. The standard InChI is InChI=1S/C21H21N3O5/c25-16(12-22-20(27)17-8-4-5-9-18(17)21(22)28)13-24(15-6-2-1-3-7-15)23-10-11-29-14-19(23)26/h1-9,16,25H,10-14H2. The van der Waals surface area contributed by atoms with Gasteiger partial charge in [-0.2, -0.15) is 0 Å². The van der Waals surface area contributed by atoms with Crippen LogP contribution in [0.25, 0.3) is 0 Å². The highest BCUT2D eigenvalue weighted by atomic mass is 16.5. The number of rotatable bonds is 6. The summed E-state index contributed by atoms with van der Waals surface area (Å²) in [5.41, 5.74) is 1.41. The summed E-state index contributed by atoms with van der Waals surface area (Å²) in [6.45, 7) is 0.603. The maximum absolute atomic E-state index is 12.6. The number of hydrogen-bond donors (Lipinski definition) is 1. The van der Waals surface area contributed by atoms with Crippen molar-refractivity contribution in [1.29, 1.82) is 0 Å². The third-order valence-electron chi connectivity index (χ3n) is 4.96. The van der Waals surface area contributed by atoms with Crippen LogP contribution in [-0.2, 0) is 9.53 Å². The van der Waals surface area contributed by atoms with Crippen LogP contribution < -0.4 is 5.01 Å². The lowest BCUT2D eigenvalue weighted by molar-refractivity contribution is -0.143. The summed E-state index contributed by atoms with van der Waals surface area (Å²) in [6, 6.07) is 15.8. The van der Waals surface area contributed by atoms with Gasteiger partial charge in [0.15, 0.2) is 0 Å². The van der Waals surface area contributed by atoms with Gasteiger partial charge in [0.1, 0.15) is 6.61 Å². The maximum atomic E-state index is 12.6. The molecule has 29 heavy (non-hydrogen) atoms. The van der Waals surface area contributed by atoms with Crippen LogP contribution in [0.3, 0.4) is 0 Å². The first kappa shape index (κ1) is 19.1. The molecule has 2 heterocycles. The second-order valence-electron chi connectivity index (χ2n) is 6.91. The molecule has 4 rings (SSSR count). The smallest absolute Gasteiger partial charge is 0.267 e. The highest BCUT2D eigenvalue weighted by molar-refractivity contribution is 6.21. The van der Waals surface area contributed by atoms with Gasteiger partial charge in [0.25, 0.3) is 17.7 Å². The molecule has 1 N–H and O–H groups in total. The van der Waals surface area contributed by atoms with Gasteiger partial charge in [-0.3, -0.25) is 24.3 Å². The van der Waals surface area contributed by atoms with Gasteiger partial charge in [0.05, 0.1) is 49.2 Å². The molecule has 0 aromatic heterocycles. The SMILES string of the molecule is O=C1c2ccccc2C(=O)N1CC(O)CN(c1ccccc1)N1CCOCC1=O. The number of amides is 3. The lowest BCUT2D eigenvalue weighted by Crippen LogP contribution is -2.55. The van der Waals surface area contributed by atoms with Crippen molar-refractivity contribution in [3.63, 3.8) is 0 Å². The summed E-state index contributed by atoms with van der Waals surface area (Å²) >= 11 is 0. The third-order valence-corrected chi connectivity index (χ3v) is 4.96. The zero-order chi connectivity index (χ0) is 20.4. The minimum atomic E-state index is -1.05. The van der Waals surface area contributed by atoms with E-state index in [0.717, 1.165) is 10.6 Å². The Morgan fingerprint density at radius 1 is 0.966 bits per heavy atom. The van der Waals surface area contributed by atoms with E-state index in [1.165, 1.54) is 5.01 Å². The normalized spacial score (nSPS) is 17.5. The van der Waals surface area contributed by atoms with Crippen LogP contribution in [-0.4, -0.2) is 71.7 Å². The number of carbonyl (C=O) groups is 3. The highest BCUT2D eigenvalue weighted by Gasteiger charge is 2.37. The number of imide groups is 1. The van der Waals surface area contributed by atoms with Crippen molar-refractivity contribution in [2.75, 3.05) is 37.9 Å². The summed E-state index contributed by atoms with van der Waals surface area (Å²) in [6.07, 6.45) is -1.05.